The summed E-state index contributed by atoms with van der Waals surface area (Å²) in [6.07, 6.45) is 17.6. The van der Waals surface area contributed by atoms with E-state index in [2.05, 4.69) is 63.8 Å². The highest BCUT2D eigenvalue weighted by Crippen LogP contribution is 2.30. The van der Waals surface area contributed by atoms with Crippen LogP contribution < -0.4 is 0 Å². The van der Waals surface area contributed by atoms with Gasteiger partial charge in [-0.3, -0.25) is 0 Å². The molecule has 0 radical (unpaired) electrons. The summed E-state index contributed by atoms with van der Waals surface area (Å²) in [5.41, 5.74) is 13.8. The number of benzene rings is 2. The molecule has 0 amide bonds. The first-order valence-electron chi connectivity index (χ1n) is 13.1. The molecule has 0 saturated heterocycles. The molecule has 0 aromatic heterocycles. The monoisotopic (exact) mass is 426 g/mol. The summed E-state index contributed by atoms with van der Waals surface area (Å²) in [4.78, 5) is 0. The van der Waals surface area contributed by atoms with E-state index in [1.807, 2.05) is 0 Å². The Bertz CT molecular complexity index is 987. The van der Waals surface area contributed by atoms with Crippen molar-refractivity contribution in [3.05, 3.63) is 87.0 Å². The number of fused-ring (bicyclic) bond motifs is 2. The van der Waals surface area contributed by atoms with Crippen LogP contribution in [-0.4, -0.2) is 0 Å². The lowest BCUT2D eigenvalue weighted by molar-refractivity contribution is 0.452. The summed E-state index contributed by atoms with van der Waals surface area (Å²) in [6.45, 7) is 11.3. The fraction of sp³-hybridized carbons (Fsp3) is 0.500. The quantitative estimate of drug-likeness (QED) is 0.278. The van der Waals surface area contributed by atoms with Crippen LogP contribution in [0.3, 0.4) is 0 Å². The molecule has 0 saturated carbocycles. The van der Waals surface area contributed by atoms with E-state index in [0.717, 1.165) is 12.3 Å². The number of aryl methyl sites for hydroxylation is 4. The van der Waals surface area contributed by atoms with Gasteiger partial charge in [-0.1, -0.05) is 80.3 Å². The Balaban J connectivity index is 1.20. The van der Waals surface area contributed by atoms with Crippen LogP contribution in [0.2, 0.25) is 0 Å². The molecule has 0 nitrogen and oxygen atoms in total. The van der Waals surface area contributed by atoms with Crippen molar-refractivity contribution in [2.45, 2.75) is 97.8 Å². The van der Waals surface area contributed by atoms with E-state index in [-0.39, 0.29) is 0 Å². The number of unbranched alkanes of at least 4 members (excludes halogenated alkanes) is 1. The molecule has 2 aromatic carbocycles. The maximum Gasteiger partial charge on any atom is -0.00669 e. The Labute approximate surface area is 196 Å². The van der Waals surface area contributed by atoms with Crippen molar-refractivity contribution in [2.75, 3.05) is 0 Å². The lowest BCUT2D eigenvalue weighted by atomic mass is 9.85. The van der Waals surface area contributed by atoms with Gasteiger partial charge < -0.3 is 0 Å². The van der Waals surface area contributed by atoms with Crippen LogP contribution in [0.5, 0.6) is 0 Å². The highest BCUT2D eigenvalue weighted by molar-refractivity contribution is 5.64. The second-order valence-corrected chi connectivity index (χ2v) is 10.7. The van der Waals surface area contributed by atoms with Gasteiger partial charge >= 0.3 is 0 Å². The molecule has 0 aliphatic heterocycles. The Kier molecular flexibility index (Phi) is 7.71. The van der Waals surface area contributed by atoms with Crippen LogP contribution >= 0.6 is 0 Å². The van der Waals surface area contributed by atoms with Crippen LogP contribution in [0.4, 0.5) is 0 Å². The summed E-state index contributed by atoms with van der Waals surface area (Å²) < 4.78 is 0. The molecule has 0 heteroatoms. The largest absolute Gasteiger partial charge is 0.0995 e. The highest BCUT2D eigenvalue weighted by atomic mass is 14.2. The van der Waals surface area contributed by atoms with Gasteiger partial charge in [0, 0.05) is 0 Å². The number of hydrogen-bond acceptors (Lipinski definition) is 0. The third kappa shape index (κ3) is 5.83. The van der Waals surface area contributed by atoms with Crippen molar-refractivity contribution in [1.29, 1.82) is 0 Å². The maximum absolute atomic E-state index is 4.21. The van der Waals surface area contributed by atoms with Crippen LogP contribution in [0.1, 0.15) is 97.7 Å². The van der Waals surface area contributed by atoms with Crippen molar-refractivity contribution in [2.24, 2.45) is 5.92 Å². The zero-order chi connectivity index (χ0) is 22.5. The molecule has 0 heterocycles. The van der Waals surface area contributed by atoms with Crippen molar-refractivity contribution >= 4 is 6.08 Å². The molecule has 0 spiro atoms. The molecule has 32 heavy (non-hydrogen) atoms. The van der Waals surface area contributed by atoms with Crippen molar-refractivity contribution in [1.82, 2.24) is 0 Å². The minimum Gasteiger partial charge on any atom is -0.0995 e. The third-order valence-electron chi connectivity index (χ3n) is 7.86. The SMILES string of the molecule is C=C1CCc2ccc(CCCC(C)CCCCc3c(C)ccc4c3C=C(C)CC4)cc2C1. The Hall–Kier alpha value is -2.08. The first-order chi connectivity index (χ1) is 15.5. The normalized spacial score (nSPS) is 16.3. The second-order valence-electron chi connectivity index (χ2n) is 10.7. The van der Waals surface area contributed by atoms with Gasteiger partial charge in [-0.25, -0.2) is 0 Å². The van der Waals surface area contributed by atoms with Gasteiger partial charge in [0.05, 0.1) is 0 Å². The molecular weight excluding hydrogens is 384 g/mol. The number of rotatable bonds is 9. The fourth-order valence-corrected chi connectivity index (χ4v) is 5.71. The van der Waals surface area contributed by atoms with Gasteiger partial charge in [0.2, 0.25) is 0 Å². The molecular formula is C32H42. The van der Waals surface area contributed by atoms with Crippen molar-refractivity contribution in [3.8, 4) is 0 Å². The van der Waals surface area contributed by atoms with Crippen LogP contribution in [0.25, 0.3) is 6.08 Å². The summed E-state index contributed by atoms with van der Waals surface area (Å²) >= 11 is 0. The van der Waals surface area contributed by atoms with Crippen LogP contribution in [0, 0.1) is 12.8 Å². The highest BCUT2D eigenvalue weighted by Gasteiger charge is 2.14. The van der Waals surface area contributed by atoms with E-state index < -0.39 is 0 Å². The Morgan fingerprint density at radius 2 is 1.59 bits per heavy atom. The smallest absolute Gasteiger partial charge is 0.00669 e. The van der Waals surface area contributed by atoms with Gasteiger partial charge in [-0.05, 0) is 116 Å². The molecule has 2 aliphatic rings. The van der Waals surface area contributed by atoms with E-state index in [4.69, 9.17) is 0 Å². The average Bonchev–Trinajstić information content (AvgIpc) is 2.77. The third-order valence-corrected chi connectivity index (χ3v) is 7.86. The van der Waals surface area contributed by atoms with Gasteiger partial charge in [0.1, 0.15) is 0 Å². The molecule has 1 unspecified atom stereocenters. The van der Waals surface area contributed by atoms with Crippen molar-refractivity contribution in [3.63, 3.8) is 0 Å². The predicted octanol–water partition coefficient (Wildman–Crippen LogP) is 8.76. The molecule has 4 rings (SSSR count). The first-order valence-corrected chi connectivity index (χ1v) is 13.1. The van der Waals surface area contributed by atoms with Gasteiger partial charge in [-0.2, -0.15) is 0 Å². The summed E-state index contributed by atoms with van der Waals surface area (Å²) in [5.74, 6) is 0.834. The van der Waals surface area contributed by atoms with Crippen molar-refractivity contribution < 1.29 is 0 Å². The van der Waals surface area contributed by atoms with Gasteiger partial charge in [0.25, 0.3) is 0 Å². The van der Waals surface area contributed by atoms with E-state index in [1.165, 1.54) is 92.9 Å². The number of allylic oxidation sites excluding steroid dienone is 2. The molecule has 2 aromatic rings. The summed E-state index contributed by atoms with van der Waals surface area (Å²) in [5, 5.41) is 0. The van der Waals surface area contributed by atoms with E-state index in [1.54, 1.807) is 27.8 Å². The molecule has 1 atom stereocenters. The van der Waals surface area contributed by atoms with Gasteiger partial charge in [0.15, 0.2) is 0 Å². The maximum atomic E-state index is 4.21. The minimum absolute atomic E-state index is 0.834. The first kappa shape index (κ1) is 23.1. The minimum atomic E-state index is 0.834. The van der Waals surface area contributed by atoms with E-state index in [9.17, 15) is 0 Å². The van der Waals surface area contributed by atoms with E-state index >= 15 is 0 Å². The van der Waals surface area contributed by atoms with Crippen LogP contribution in [0.15, 0.2) is 48.1 Å². The lowest BCUT2D eigenvalue weighted by Crippen LogP contribution is -2.06. The Morgan fingerprint density at radius 1 is 0.812 bits per heavy atom. The van der Waals surface area contributed by atoms with Crippen LogP contribution in [-0.2, 0) is 32.1 Å². The molecule has 0 bridgehead atoms. The summed E-state index contributed by atoms with van der Waals surface area (Å²) in [7, 11) is 0. The molecule has 170 valence electrons. The summed E-state index contributed by atoms with van der Waals surface area (Å²) in [6, 6.07) is 11.9. The zero-order valence-electron chi connectivity index (χ0n) is 20.7. The standard InChI is InChI=1S/C32H42/c1-23(9-7-10-27-15-19-28-16-12-24(2)20-30(28)22-27)8-5-6-11-31-26(4)14-18-29-17-13-25(3)21-32(29)31/h14-15,18-19,21-23H,2,5-13,16-17,20H2,1,3-4H3. The molecule has 2 aliphatic carbocycles. The second kappa shape index (κ2) is 10.7. The molecule has 0 fully saturated rings. The number of hydrogen-bond donors (Lipinski definition) is 0. The van der Waals surface area contributed by atoms with E-state index in [0.29, 0.717) is 0 Å². The fourth-order valence-electron chi connectivity index (χ4n) is 5.71. The lowest BCUT2D eigenvalue weighted by Gasteiger charge is -2.20. The Morgan fingerprint density at radius 3 is 2.47 bits per heavy atom. The van der Waals surface area contributed by atoms with Gasteiger partial charge in [-0.15, -0.1) is 0 Å². The molecule has 0 N–H and O–H groups in total. The average molecular weight is 427 g/mol. The predicted molar refractivity (Wildman–Crippen MR) is 140 cm³/mol. The topological polar surface area (TPSA) is 0 Å². The zero-order valence-corrected chi connectivity index (χ0v) is 20.7.